The Morgan fingerprint density at radius 1 is 1.39 bits per heavy atom. The molecule has 0 spiro atoms. The van der Waals surface area contributed by atoms with Gasteiger partial charge in [-0.1, -0.05) is 12.8 Å². The average molecular weight is 536 g/mol. The smallest absolute Gasteiger partial charge is 0.262 e. The van der Waals surface area contributed by atoms with Crippen molar-refractivity contribution in [1.29, 1.82) is 5.26 Å². The number of carbonyl (C=O) groups excluding carboxylic acids is 1. The maximum atomic E-state index is 12.2. The lowest BCUT2D eigenvalue weighted by Gasteiger charge is -2.12. The Hall–Kier alpha value is -0.820. The second kappa shape index (κ2) is 8.87. The summed E-state index contributed by atoms with van der Waals surface area (Å²) in [6, 6.07) is 6.07. The van der Waals surface area contributed by atoms with Crippen LogP contribution in [0.4, 0.5) is 0 Å². The molecule has 2 rings (SSSR count). The molecule has 0 aromatic heterocycles. The van der Waals surface area contributed by atoms with Crippen LogP contribution in [0, 0.1) is 18.5 Å². The summed E-state index contributed by atoms with van der Waals surface area (Å²) in [4.78, 5) is 12.2. The first-order chi connectivity index (χ1) is 11.0. The largest absolute Gasteiger partial charge is 0.492 e. The standard InChI is InChI=1S/C17H18I2N2O2/c1-2-23-16-14(18)8-11(9-15(16)19)7-12(10-20)17(22)21-13-5-3-4-6-13/h7-9,13H,2-6H2,1H3,(H,21,22)/b12-7-. The summed E-state index contributed by atoms with van der Waals surface area (Å²) in [5.74, 6) is 0.568. The van der Waals surface area contributed by atoms with E-state index in [1.165, 1.54) is 0 Å². The van der Waals surface area contributed by atoms with E-state index in [9.17, 15) is 10.1 Å². The third kappa shape index (κ3) is 5.08. The van der Waals surface area contributed by atoms with Crippen molar-refractivity contribution in [1.82, 2.24) is 5.32 Å². The SMILES string of the molecule is CCOc1c(I)cc(/C=C(/C#N)C(=O)NC2CCCC2)cc1I. The lowest BCUT2D eigenvalue weighted by molar-refractivity contribution is -0.117. The van der Waals surface area contributed by atoms with Gasteiger partial charge in [-0.3, -0.25) is 4.79 Å². The zero-order valence-corrected chi connectivity index (χ0v) is 17.2. The van der Waals surface area contributed by atoms with E-state index in [-0.39, 0.29) is 17.5 Å². The number of halogens is 2. The molecule has 0 saturated heterocycles. The molecule has 122 valence electrons. The van der Waals surface area contributed by atoms with E-state index in [2.05, 4.69) is 50.5 Å². The fourth-order valence-corrected chi connectivity index (χ4v) is 4.72. The summed E-state index contributed by atoms with van der Waals surface area (Å²) >= 11 is 4.42. The molecule has 1 aliphatic carbocycles. The Kier molecular flexibility index (Phi) is 7.14. The number of rotatable bonds is 5. The van der Waals surface area contributed by atoms with Crippen molar-refractivity contribution in [3.63, 3.8) is 0 Å². The van der Waals surface area contributed by atoms with Crippen LogP contribution in [0.25, 0.3) is 6.08 Å². The Balaban J connectivity index is 2.20. The molecule has 0 aliphatic heterocycles. The molecule has 23 heavy (non-hydrogen) atoms. The van der Waals surface area contributed by atoms with Crippen molar-refractivity contribution in [3.8, 4) is 11.8 Å². The van der Waals surface area contributed by atoms with Gasteiger partial charge in [-0.05, 0) is 88.7 Å². The monoisotopic (exact) mass is 536 g/mol. The van der Waals surface area contributed by atoms with Crippen molar-refractivity contribution in [2.75, 3.05) is 6.61 Å². The molecule has 0 unspecified atom stereocenters. The van der Waals surface area contributed by atoms with E-state index in [1.54, 1.807) is 6.08 Å². The number of carbonyl (C=O) groups is 1. The predicted molar refractivity (Wildman–Crippen MR) is 107 cm³/mol. The fraction of sp³-hybridized carbons (Fsp3) is 0.412. The molecule has 6 heteroatoms. The normalized spacial score (nSPS) is 15.3. The minimum absolute atomic E-state index is 0.146. The molecule has 1 N–H and O–H groups in total. The number of ether oxygens (including phenoxy) is 1. The summed E-state index contributed by atoms with van der Waals surface area (Å²) in [6.45, 7) is 2.55. The van der Waals surface area contributed by atoms with Crippen LogP contribution in [0.5, 0.6) is 5.75 Å². The Morgan fingerprint density at radius 3 is 2.52 bits per heavy atom. The third-order valence-electron chi connectivity index (χ3n) is 3.68. The zero-order valence-electron chi connectivity index (χ0n) is 12.9. The van der Waals surface area contributed by atoms with Gasteiger partial charge in [-0.15, -0.1) is 0 Å². The van der Waals surface area contributed by atoms with Gasteiger partial charge < -0.3 is 10.1 Å². The average Bonchev–Trinajstić information content (AvgIpc) is 3.01. The molecule has 1 aromatic rings. The van der Waals surface area contributed by atoms with Crippen LogP contribution in [0.1, 0.15) is 38.2 Å². The van der Waals surface area contributed by atoms with Gasteiger partial charge in [0.15, 0.2) is 0 Å². The van der Waals surface area contributed by atoms with Gasteiger partial charge in [-0.2, -0.15) is 5.26 Å². The Labute approximate surface area is 163 Å². The molecule has 1 saturated carbocycles. The zero-order chi connectivity index (χ0) is 16.8. The van der Waals surface area contributed by atoms with Crippen LogP contribution in [-0.4, -0.2) is 18.6 Å². The first-order valence-corrected chi connectivity index (χ1v) is 9.75. The van der Waals surface area contributed by atoms with E-state index >= 15 is 0 Å². The van der Waals surface area contributed by atoms with Gasteiger partial charge in [0.25, 0.3) is 5.91 Å². The van der Waals surface area contributed by atoms with Crippen LogP contribution in [0.15, 0.2) is 17.7 Å². The highest BCUT2D eigenvalue weighted by atomic mass is 127. The van der Waals surface area contributed by atoms with E-state index < -0.39 is 0 Å². The number of nitriles is 1. The highest BCUT2D eigenvalue weighted by Crippen LogP contribution is 2.29. The Morgan fingerprint density at radius 2 is 2.00 bits per heavy atom. The molecule has 0 heterocycles. The quantitative estimate of drug-likeness (QED) is 0.348. The number of nitrogens with zero attached hydrogens (tertiary/aromatic N) is 1. The highest BCUT2D eigenvalue weighted by molar-refractivity contribution is 14.1. The molecule has 0 bridgehead atoms. The lowest BCUT2D eigenvalue weighted by atomic mass is 10.1. The minimum Gasteiger partial charge on any atom is -0.492 e. The van der Waals surface area contributed by atoms with Gasteiger partial charge in [0, 0.05) is 6.04 Å². The summed E-state index contributed by atoms with van der Waals surface area (Å²) in [7, 11) is 0. The van der Waals surface area contributed by atoms with E-state index in [1.807, 2.05) is 25.1 Å². The molecule has 4 nitrogen and oxygen atoms in total. The number of hydrogen-bond donors (Lipinski definition) is 1. The topological polar surface area (TPSA) is 62.1 Å². The second-order valence-electron chi connectivity index (χ2n) is 5.37. The molecule has 0 radical (unpaired) electrons. The molecule has 1 amide bonds. The molecular formula is C17H18I2N2O2. The molecule has 1 aliphatic rings. The van der Waals surface area contributed by atoms with Crippen molar-refractivity contribution in [2.24, 2.45) is 0 Å². The fourth-order valence-electron chi connectivity index (χ4n) is 2.59. The maximum absolute atomic E-state index is 12.2. The predicted octanol–water partition coefficient (Wildman–Crippen LogP) is 4.26. The Bertz CT molecular complexity index is 636. The third-order valence-corrected chi connectivity index (χ3v) is 5.28. The second-order valence-corrected chi connectivity index (χ2v) is 7.70. The highest BCUT2D eigenvalue weighted by Gasteiger charge is 2.19. The van der Waals surface area contributed by atoms with Gasteiger partial charge >= 0.3 is 0 Å². The van der Waals surface area contributed by atoms with Crippen LogP contribution >= 0.6 is 45.2 Å². The first kappa shape index (κ1) is 18.5. The van der Waals surface area contributed by atoms with Gasteiger partial charge in [-0.25, -0.2) is 0 Å². The summed E-state index contributed by atoms with van der Waals surface area (Å²) in [6.07, 6.45) is 5.94. The van der Waals surface area contributed by atoms with Crippen molar-refractivity contribution >= 4 is 57.2 Å². The minimum atomic E-state index is -0.279. The number of hydrogen-bond acceptors (Lipinski definition) is 3. The number of nitrogens with one attached hydrogen (secondary N) is 1. The van der Waals surface area contributed by atoms with Crippen molar-refractivity contribution in [3.05, 3.63) is 30.4 Å². The van der Waals surface area contributed by atoms with Crippen LogP contribution in [-0.2, 0) is 4.79 Å². The van der Waals surface area contributed by atoms with E-state index in [0.29, 0.717) is 6.61 Å². The van der Waals surface area contributed by atoms with Crippen LogP contribution in [0.2, 0.25) is 0 Å². The first-order valence-electron chi connectivity index (χ1n) is 7.59. The van der Waals surface area contributed by atoms with Crippen molar-refractivity contribution < 1.29 is 9.53 Å². The van der Waals surface area contributed by atoms with Gasteiger partial charge in [0.05, 0.1) is 13.7 Å². The number of benzene rings is 1. The molecule has 0 atom stereocenters. The van der Waals surface area contributed by atoms with E-state index in [0.717, 1.165) is 44.1 Å². The molecular weight excluding hydrogens is 518 g/mol. The summed E-state index contributed by atoms with van der Waals surface area (Å²) in [5.41, 5.74) is 0.980. The van der Waals surface area contributed by atoms with Crippen molar-refractivity contribution in [2.45, 2.75) is 38.6 Å². The summed E-state index contributed by atoms with van der Waals surface area (Å²) in [5, 5.41) is 12.3. The summed E-state index contributed by atoms with van der Waals surface area (Å²) < 4.78 is 7.55. The molecule has 1 fully saturated rings. The van der Waals surface area contributed by atoms with E-state index in [4.69, 9.17) is 4.74 Å². The maximum Gasteiger partial charge on any atom is 0.262 e. The molecule has 1 aromatic carbocycles. The van der Waals surface area contributed by atoms with Crippen LogP contribution < -0.4 is 10.1 Å². The van der Waals surface area contributed by atoms with Crippen LogP contribution in [0.3, 0.4) is 0 Å². The van der Waals surface area contributed by atoms with Gasteiger partial charge in [0.1, 0.15) is 17.4 Å². The number of amides is 1. The lowest BCUT2D eigenvalue weighted by Crippen LogP contribution is -2.33. The van der Waals surface area contributed by atoms with Gasteiger partial charge in [0.2, 0.25) is 0 Å².